The Hall–Kier alpha value is -0.320. The summed E-state index contributed by atoms with van der Waals surface area (Å²) in [7, 11) is 0. The molecule has 0 saturated carbocycles. The van der Waals surface area contributed by atoms with Crippen molar-refractivity contribution in [3.8, 4) is 11.5 Å². The highest BCUT2D eigenvalue weighted by atomic mass is 79.9. The topological polar surface area (TPSA) is 93.1 Å². The van der Waals surface area contributed by atoms with Crippen molar-refractivity contribution in [2.24, 2.45) is 0 Å². The lowest BCUT2D eigenvalue weighted by Crippen LogP contribution is -2.11. The number of carbonyl (C=O) groups excluding carboxylic acids is 2. The number of aromatic hydroxyl groups is 2. The summed E-state index contributed by atoms with van der Waals surface area (Å²) in [4.78, 5) is 23.0. The first-order valence-electron chi connectivity index (χ1n) is 3.95. The van der Waals surface area contributed by atoms with Gasteiger partial charge in [-0.25, -0.2) is 9.59 Å². The summed E-state index contributed by atoms with van der Waals surface area (Å²) in [5.74, 6) is -3.49. The Kier molecular flexibility index (Phi) is 5.44. The van der Waals surface area contributed by atoms with Gasteiger partial charge in [0.25, 0.3) is 0 Å². The van der Waals surface area contributed by atoms with Crippen molar-refractivity contribution in [3.05, 3.63) is 20.1 Å². The fraction of sp³-hybridized carbons (Fsp3) is 0. The Bertz CT molecular complexity index is 482. The van der Waals surface area contributed by atoms with Crippen LogP contribution in [0.1, 0.15) is 20.7 Å². The molecule has 1 aromatic carbocycles. The molecule has 0 radical (unpaired) electrons. The Labute approximate surface area is 134 Å². The summed E-state index contributed by atoms with van der Waals surface area (Å²) in [6, 6.07) is 0. The molecule has 18 heavy (non-hydrogen) atoms. The van der Waals surface area contributed by atoms with Gasteiger partial charge in [0.1, 0.15) is 5.56 Å². The van der Waals surface area contributed by atoms with E-state index in [4.69, 9.17) is 0 Å². The molecule has 1 rings (SSSR count). The van der Waals surface area contributed by atoms with Crippen molar-refractivity contribution in [1.82, 2.24) is 0 Å². The molecule has 6 nitrogen and oxygen atoms in total. The number of hydrogen-bond acceptors (Lipinski definition) is 6. The highest BCUT2D eigenvalue weighted by Crippen LogP contribution is 2.45. The Morgan fingerprint density at radius 3 is 1.72 bits per heavy atom. The first-order valence-corrected chi connectivity index (χ1v) is 6.83. The predicted octanol–water partition coefficient (Wildman–Crippen LogP) is 3.56. The van der Waals surface area contributed by atoms with Gasteiger partial charge in [-0.15, -0.1) is 0 Å². The van der Waals surface area contributed by atoms with Crippen molar-refractivity contribution in [2.75, 3.05) is 0 Å². The van der Waals surface area contributed by atoms with Crippen molar-refractivity contribution in [3.63, 3.8) is 0 Å². The maximum absolute atomic E-state index is 11.6. The van der Waals surface area contributed by atoms with Gasteiger partial charge in [-0.2, -0.15) is 0 Å². The summed E-state index contributed by atoms with van der Waals surface area (Å²) in [6.45, 7) is 0. The molecule has 0 amide bonds. The third kappa shape index (κ3) is 2.65. The van der Waals surface area contributed by atoms with E-state index in [9.17, 15) is 19.8 Å². The lowest BCUT2D eigenvalue weighted by molar-refractivity contribution is 0.0736. The van der Waals surface area contributed by atoms with Crippen LogP contribution in [0.15, 0.2) is 8.95 Å². The summed E-state index contributed by atoms with van der Waals surface area (Å²) < 4.78 is 8.56. The van der Waals surface area contributed by atoms with Crippen molar-refractivity contribution in [1.29, 1.82) is 0 Å². The lowest BCUT2D eigenvalue weighted by Gasteiger charge is -2.12. The van der Waals surface area contributed by atoms with Crippen LogP contribution in [0.3, 0.4) is 0 Å². The Balaban J connectivity index is 3.75. The quantitative estimate of drug-likeness (QED) is 0.588. The molecular weight excluding hydrogens is 512 g/mol. The Morgan fingerprint density at radius 2 is 1.28 bits per heavy atom. The molecule has 0 unspecified atom stereocenters. The molecule has 0 aliphatic carbocycles. The standard InChI is InChI=1S/C8H2Br4O6/c9-3-1(7(15)17-11)2(8(16)18-12)5(13)6(14)4(3)10/h13-14H. The minimum atomic E-state index is -1.08. The van der Waals surface area contributed by atoms with Crippen LogP contribution < -0.4 is 0 Å². The molecular formula is C8H2Br4O6. The van der Waals surface area contributed by atoms with Crippen LogP contribution in [-0.4, -0.2) is 22.2 Å². The first-order chi connectivity index (χ1) is 8.36. The monoisotopic (exact) mass is 510 g/mol. The number of benzene rings is 1. The zero-order valence-electron chi connectivity index (χ0n) is 8.04. The van der Waals surface area contributed by atoms with E-state index >= 15 is 0 Å². The van der Waals surface area contributed by atoms with Crippen LogP contribution in [0.4, 0.5) is 0 Å². The average Bonchev–Trinajstić information content (AvgIpc) is 2.38. The summed E-state index contributed by atoms with van der Waals surface area (Å²) in [6.07, 6.45) is 0. The van der Waals surface area contributed by atoms with Crippen LogP contribution in [0, 0.1) is 0 Å². The van der Waals surface area contributed by atoms with Crippen LogP contribution in [0.2, 0.25) is 0 Å². The van der Waals surface area contributed by atoms with Gasteiger partial charge in [0, 0.05) is 0 Å². The van der Waals surface area contributed by atoms with E-state index in [2.05, 4.69) is 72.0 Å². The van der Waals surface area contributed by atoms with Gasteiger partial charge in [-0.3, -0.25) is 0 Å². The van der Waals surface area contributed by atoms with Crippen molar-refractivity contribution in [2.45, 2.75) is 0 Å². The second-order valence-corrected chi connectivity index (χ2v) is 5.04. The van der Waals surface area contributed by atoms with Gasteiger partial charge in [-0.05, 0) is 31.9 Å². The van der Waals surface area contributed by atoms with E-state index in [0.29, 0.717) is 0 Å². The molecule has 10 heteroatoms. The largest absolute Gasteiger partial charge is 0.504 e. The van der Waals surface area contributed by atoms with E-state index in [1.165, 1.54) is 0 Å². The second kappa shape index (κ2) is 6.22. The smallest absolute Gasteiger partial charge is 0.354 e. The molecule has 0 aliphatic rings. The third-order valence-corrected chi connectivity index (χ3v) is 4.56. The summed E-state index contributed by atoms with van der Waals surface area (Å²) in [5, 5.41) is 19.3. The summed E-state index contributed by atoms with van der Waals surface area (Å²) >= 11 is 10.8. The molecule has 0 spiro atoms. The van der Waals surface area contributed by atoms with Gasteiger partial charge in [0.2, 0.25) is 0 Å². The highest BCUT2D eigenvalue weighted by Gasteiger charge is 2.31. The van der Waals surface area contributed by atoms with Gasteiger partial charge in [-0.1, -0.05) is 0 Å². The molecule has 0 saturated heterocycles. The number of carbonyl (C=O) groups is 2. The number of rotatable bonds is 2. The SMILES string of the molecule is O=C(OBr)c1c(O)c(O)c(Br)c(Br)c1C(=O)OBr. The van der Waals surface area contributed by atoms with Gasteiger partial charge in [0.15, 0.2) is 44.0 Å². The number of hydrogen-bond donors (Lipinski definition) is 2. The van der Waals surface area contributed by atoms with Crippen LogP contribution >= 0.6 is 64.4 Å². The molecule has 98 valence electrons. The van der Waals surface area contributed by atoms with E-state index in [-0.39, 0.29) is 14.5 Å². The predicted molar refractivity (Wildman–Crippen MR) is 73.9 cm³/mol. The highest BCUT2D eigenvalue weighted by molar-refractivity contribution is 9.13. The van der Waals surface area contributed by atoms with Crippen LogP contribution in [0.25, 0.3) is 0 Å². The van der Waals surface area contributed by atoms with E-state index < -0.39 is 29.0 Å². The molecule has 0 heterocycles. The average molecular weight is 514 g/mol. The van der Waals surface area contributed by atoms with Crippen molar-refractivity contribution < 1.29 is 27.5 Å². The molecule has 0 aliphatic heterocycles. The molecule has 2 N–H and O–H groups in total. The minimum Gasteiger partial charge on any atom is -0.504 e. The molecule has 0 fully saturated rings. The van der Waals surface area contributed by atoms with Crippen LogP contribution in [-0.2, 0) is 7.66 Å². The number of phenolic OH excluding ortho intramolecular Hbond substituents is 2. The normalized spacial score (nSPS) is 10.0. The van der Waals surface area contributed by atoms with Crippen molar-refractivity contribution >= 4 is 76.3 Å². The van der Waals surface area contributed by atoms with E-state index in [1.54, 1.807) is 0 Å². The number of phenols is 2. The molecule has 0 aromatic heterocycles. The van der Waals surface area contributed by atoms with Gasteiger partial charge < -0.3 is 17.9 Å². The van der Waals surface area contributed by atoms with E-state index in [1.807, 2.05) is 0 Å². The maximum atomic E-state index is 11.6. The lowest BCUT2D eigenvalue weighted by atomic mass is 10.1. The zero-order valence-corrected chi connectivity index (χ0v) is 14.4. The molecule has 0 atom stereocenters. The fourth-order valence-corrected chi connectivity index (χ4v) is 2.39. The first kappa shape index (κ1) is 15.7. The van der Waals surface area contributed by atoms with Crippen LogP contribution in [0.5, 0.6) is 11.5 Å². The van der Waals surface area contributed by atoms with Gasteiger partial charge in [0.05, 0.1) is 14.5 Å². The fourth-order valence-electron chi connectivity index (χ4n) is 1.13. The number of halogens is 4. The molecule has 1 aromatic rings. The second-order valence-electron chi connectivity index (χ2n) is 2.80. The maximum Gasteiger partial charge on any atom is 0.354 e. The minimum absolute atomic E-state index is 0.0148. The molecule has 0 bridgehead atoms. The Morgan fingerprint density at radius 1 is 0.833 bits per heavy atom. The van der Waals surface area contributed by atoms with Gasteiger partial charge >= 0.3 is 11.9 Å². The zero-order chi connectivity index (χ0) is 14.0. The summed E-state index contributed by atoms with van der Waals surface area (Å²) in [5.41, 5.74) is -0.873. The third-order valence-electron chi connectivity index (χ3n) is 1.88. The van der Waals surface area contributed by atoms with E-state index in [0.717, 1.165) is 0 Å².